The van der Waals surface area contributed by atoms with Gasteiger partial charge in [0.1, 0.15) is 11.1 Å². The second-order valence-corrected chi connectivity index (χ2v) is 5.42. The minimum atomic E-state index is 0.121. The Morgan fingerprint density at radius 2 is 2.35 bits per heavy atom. The van der Waals surface area contributed by atoms with Crippen molar-refractivity contribution < 1.29 is 4.74 Å². The fourth-order valence-corrected chi connectivity index (χ4v) is 3.09. The molecule has 0 amide bonds. The van der Waals surface area contributed by atoms with E-state index in [1.54, 1.807) is 11.3 Å². The molecule has 1 aromatic heterocycles. The summed E-state index contributed by atoms with van der Waals surface area (Å²) in [5.74, 6) is 0. The Bertz CT molecular complexity index is 470. The van der Waals surface area contributed by atoms with Gasteiger partial charge >= 0.3 is 0 Å². The molecule has 2 aromatic rings. The lowest BCUT2D eigenvalue weighted by Gasteiger charge is -2.28. The number of hydrogen-bond acceptors (Lipinski definition) is 4. The van der Waals surface area contributed by atoms with Gasteiger partial charge in [0.2, 0.25) is 0 Å². The van der Waals surface area contributed by atoms with Crippen LogP contribution in [0.2, 0.25) is 0 Å². The van der Waals surface area contributed by atoms with Crippen molar-refractivity contribution in [2.45, 2.75) is 25.5 Å². The highest BCUT2D eigenvalue weighted by Gasteiger charge is 2.23. The molecule has 2 atom stereocenters. The van der Waals surface area contributed by atoms with Gasteiger partial charge in [-0.15, -0.1) is 11.3 Å². The standard InChI is InChI=1S/C13H16N2OS/c1-2-9-8-16-11(7-14-9)13-15-10-5-3-4-6-12(10)17-13/h3-6,9,11,14H,2,7-8H2,1H3. The summed E-state index contributed by atoms with van der Waals surface area (Å²) in [6, 6.07) is 8.75. The van der Waals surface area contributed by atoms with Crippen LogP contribution < -0.4 is 5.32 Å². The third kappa shape index (κ3) is 2.20. The van der Waals surface area contributed by atoms with E-state index in [1.165, 1.54) is 4.70 Å². The van der Waals surface area contributed by atoms with E-state index in [9.17, 15) is 0 Å². The van der Waals surface area contributed by atoms with Gasteiger partial charge in [0.25, 0.3) is 0 Å². The minimum Gasteiger partial charge on any atom is -0.368 e. The number of para-hydroxylation sites is 1. The third-order valence-electron chi connectivity index (χ3n) is 3.17. The minimum absolute atomic E-state index is 0.121. The number of aromatic nitrogens is 1. The number of hydrogen-bond donors (Lipinski definition) is 1. The molecule has 0 aliphatic carbocycles. The molecule has 1 N–H and O–H groups in total. The van der Waals surface area contributed by atoms with Gasteiger partial charge in [-0.1, -0.05) is 19.1 Å². The SMILES string of the molecule is CCC1COC(c2nc3ccccc3s2)CN1. The highest BCUT2D eigenvalue weighted by molar-refractivity contribution is 7.18. The Labute approximate surface area is 105 Å². The Balaban J connectivity index is 1.80. The summed E-state index contributed by atoms with van der Waals surface area (Å²) in [5.41, 5.74) is 1.08. The maximum Gasteiger partial charge on any atom is 0.124 e. The maximum absolute atomic E-state index is 5.88. The molecule has 0 radical (unpaired) electrons. The van der Waals surface area contributed by atoms with Crippen LogP contribution >= 0.6 is 11.3 Å². The lowest BCUT2D eigenvalue weighted by atomic mass is 10.2. The summed E-state index contributed by atoms with van der Waals surface area (Å²) in [7, 11) is 0. The Morgan fingerprint density at radius 1 is 1.47 bits per heavy atom. The van der Waals surface area contributed by atoms with Gasteiger partial charge in [-0.2, -0.15) is 0 Å². The second-order valence-electron chi connectivity index (χ2n) is 4.36. The van der Waals surface area contributed by atoms with Crippen molar-refractivity contribution in [3.63, 3.8) is 0 Å². The van der Waals surface area contributed by atoms with Crippen molar-refractivity contribution in [1.29, 1.82) is 0 Å². The van der Waals surface area contributed by atoms with Gasteiger partial charge in [0.05, 0.1) is 16.8 Å². The van der Waals surface area contributed by atoms with E-state index in [0.29, 0.717) is 6.04 Å². The van der Waals surface area contributed by atoms with Crippen LogP contribution in [-0.4, -0.2) is 24.2 Å². The average molecular weight is 248 g/mol. The largest absolute Gasteiger partial charge is 0.368 e. The molecule has 0 saturated carbocycles. The molecule has 17 heavy (non-hydrogen) atoms. The fourth-order valence-electron chi connectivity index (χ4n) is 2.07. The van der Waals surface area contributed by atoms with Crippen LogP contribution in [0.4, 0.5) is 0 Å². The van der Waals surface area contributed by atoms with E-state index >= 15 is 0 Å². The Hall–Kier alpha value is -0.970. The van der Waals surface area contributed by atoms with Gasteiger partial charge in [-0.3, -0.25) is 0 Å². The fraction of sp³-hybridized carbons (Fsp3) is 0.462. The molecule has 0 bridgehead atoms. The topological polar surface area (TPSA) is 34.1 Å². The van der Waals surface area contributed by atoms with Crippen molar-refractivity contribution in [1.82, 2.24) is 10.3 Å². The number of ether oxygens (including phenoxy) is 1. The van der Waals surface area contributed by atoms with Gasteiger partial charge in [-0.25, -0.2) is 4.98 Å². The number of rotatable bonds is 2. The molecule has 1 saturated heterocycles. The zero-order chi connectivity index (χ0) is 11.7. The quantitative estimate of drug-likeness (QED) is 0.887. The number of morpholine rings is 1. The Morgan fingerprint density at radius 3 is 3.06 bits per heavy atom. The molecule has 1 aliphatic rings. The number of nitrogens with zero attached hydrogens (tertiary/aromatic N) is 1. The molecule has 1 aromatic carbocycles. The van der Waals surface area contributed by atoms with Gasteiger partial charge in [0, 0.05) is 12.6 Å². The zero-order valence-corrected chi connectivity index (χ0v) is 10.7. The first-order chi connectivity index (χ1) is 8.36. The van der Waals surface area contributed by atoms with Crippen molar-refractivity contribution in [2.24, 2.45) is 0 Å². The van der Waals surface area contributed by atoms with E-state index in [1.807, 2.05) is 6.07 Å². The van der Waals surface area contributed by atoms with E-state index in [4.69, 9.17) is 4.74 Å². The number of thiazole rings is 1. The molecule has 1 aliphatic heterocycles. The predicted molar refractivity (Wildman–Crippen MR) is 70.4 cm³/mol. The molecular formula is C13H16N2OS. The summed E-state index contributed by atoms with van der Waals surface area (Å²) >= 11 is 1.74. The second kappa shape index (κ2) is 4.72. The third-order valence-corrected chi connectivity index (χ3v) is 4.30. The summed E-state index contributed by atoms with van der Waals surface area (Å²) in [6.07, 6.45) is 1.24. The van der Waals surface area contributed by atoms with Crippen LogP contribution in [0.15, 0.2) is 24.3 Å². The number of nitrogens with one attached hydrogen (secondary N) is 1. The first-order valence-corrected chi connectivity index (χ1v) is 6.89. The lowest BCUT2D eigenvalue weighted by molar-refractivity contribution is 0.00223. The average Bonchev–Trinajstić information content (AvgIpc) is 2.82. The molecular weight excluding hydrogens is 232 g/mol. The van der Waals surface area contributed by atoms with Crippen LogP contribution in [0.3, 0.4) is 0 Å². The predicted octanol–water partition coefficient (Wildman–Crippen LogP) is 2.74. The van der Waals surface area contributed by atoms with Gasteiger partial charge in [-0.05, 0) is 18.6 Å². The molecule has 3 rings (SSSR count). The van der Waals surface area contributed by atoms with E-state index in [-0.39, 0.29) is 6.10 Å². The summed E-state index contributed by atoms with van der Waals surface area (Å²) in [5, 5.41) is 4.59. The first-order valence-electron chi connectivity index (χ1n) is 6.07. The van der Waals surface area contributed by atoms with Crippen LogP contribution in [-0.2, 0) is 4.74 Å². The van der Waals surface area contributed by atoms with E-state index in [0.717, 1.165) is 30.1 Å². The molecule has 0 spiro atoms. The molecule has 2 heterocycles. The van der Waals surface area contributed by atoms with Gasteiger partial charge < -0.3 is 10.1 Å². The highest BCUT2D eigenvalue weighted by Crippen LogP contribution is 2.29. The smallest absolute Gasteiger partial charge is 0.124 e. The highest BCUT2D eigenvalue weighted by atomic mass is 32.1. The normalized spacial score (nSPS) is 25.2. The summed E-state index contributed by atoms with van der Waals surface area (Å²) in [6.45, 7) is 3.84. The van der Waals surface area contributed by atoms with E-state index in [2.05, 4.69) is 35.4 Å². The molecule has 3 nitrogen and oxygen atoms in total. The first kappa shape index (κ1) is 11.1. The lowest BCUT2D eigenvalue weighted by Crippen LogP contribution is -2.42. The summed E-state index contributed by atoms with van der Waals surface area (Å²) < 4.78 is 7.12. The number of benzene rings is 1. The van der Waals surface area contributed by atoms with Crippen LogP contribution in [0.25, 0.3) is 10.2 Å². The van der Waals surface area contributed by atoms with Gasteiger partial charge in [0.15, 0.2) is 0 Å². The maximum atomic E-state index is 5.88. The molecule has 4 heteroatoms. The molecule has 90 valence electrons. The monoisotopic (exact) mass is 248 g/mol. The molecule has 1 fully saturated rings. The molecule has 2 unspecified atom stereocenters. The van der Waals surface area contributed by atoms with Crippen molar-refractivity contribution in [3.05, 3.63) is 29.3 Å². The Kier molecular flexibility index (Phi) is 3.09. The van der Waals surface area contributed by atoms with Crippen LogP contribution in [0.5, 0.6) is 0 Å². The van der Waals surface area contributed by atoms with Crippen molar-refractivity contribution in [3.8, 4) is 0 Å². The van der Waals surface area contributed by atoms with Crippen molar-refractivity contribution >= 4 is 21.6 Å². The van der Waals surface area contributed by atoms with E-state index < -0.39 is 0 Å². The summed E-state index contributed by atoms with van der Waals surface area (Å²) in [4.78, 5) is 4.64. The van der Waals surface area contributed by atoms with Crippen LogP contribution in [0.1, 0.15) is 24.5 Å². The van der Waals surface area contributed by atoms with Crippen LogP contribution in [0, 0.1) is 0 Å². The number of fused-ring (bicyclic) bond motifs is 1. The van der Waals surface area contributed by atoms with Crippen molar-refractivity contribution in [2.75, 3.05) is 13.2 Å². The zero-order valence-electron chi connectivity index (χ0n) is 9.85.